The normalized spacial score (nSPS) is 11.3. The van der Waals surface area contributed by atoms with Crippen LogP contribution in [0.3, 0.4) is 0 Å². The molecule has 0 saturated heterocycles. The molecule has 0 aliphatic heterocycles. The quantitative estimate of drug-likeness (QED) is 0.105. The van der Waals surface area contributed by atoms with Crippen molar-refractivity contribution in [3.8, 4) is 17.1 Å². The third kappa shape index (κ3) is 5.66. The van der Waals surface area contributed by atoms with E-state index in [-0.39, 0.29) is 11.3 Å². The summed E-state index contributed by atoms with van der Waals surface area (Å²) in [6, 6.07) is 24.4. The lowest BCUT2D eigenvalue weighted by Crippen LogP contribution is -2.20. The molecule has 0 fully saturated rings. The van der Waals surface area contributed by atoms with E-state index in [4.69, 9.17) is 21.3 Å². The Morgan fingerprint density at radius 1 is 0.921 bits per heavy atom. The average Bonchev–Trinajstić information content (AvgIpc) is 2.90. The monoisotopic (exact) mass is 713 g/mol. The van der Waals surface area contributed by atoms with Crippen LogP contribution in [0.4, 0.5) is 0 Å². The zero-order chi connectivity index (χ0) is 26.8. The van der Waals surface area contributed by atoms with E-state index in [1.165, 1.54) is 10.9 Å². The second kappa shape index (κ2) is 11.3. The van der Waals surface area contributed by atoms with Crippen LogP contribution in [-0.2, 0) is 0 Å². The summed E-state index contributed by atoms with van der Waals surface area (Å²) in [6.07, 6.45) is 1.46. The third-order valence-corrected chi connectivity index (χ3v) is 7.31. The standard InChI is InChI=1S/C28H15Br3ClN3O3/c29-19-9-5-16(6-10-19)26-34-24-4-2-1-3-22(24)27(36)35(26)33-15-18-13-20(30)14-23(31)25(18)38-28(37)17-7-11-21(32)12-8-17/h1-15H. The van der Waals surface area contributed by atoms with E-state index >= 15 is 0 Å². The smallest absolute Gasteiger partial charge is 0.343 e. The van der Waals surface area contributed by atoms with Crippen molar-refractivity contribution in [1.82, 2.24) is 9.66 Å². The van der Waals surface area contributed by atoms with Crippen LogP contribution in [0.5, 0.6) is 5.75 Å². The third-order valence-electron chi connectivity index (χ3n) is 5.48. The van der Waals surface area contributed by atoms with Crippen molar-refractivity contribution in [3.05, 3.63) is 125 Å². The number of fused-ring (bicyclic) bond motifs is 1. The van der Waals surface area contributed by atoms with Gasteiger partial charge in [-0.15, -0.1) is 0 Å². The molecule has 0 N–H and O–H groups in total. The number of carbonyl (C=O) groups excluding carboxylic acids is 1. The van der Waals surface area contributed by atoms with Gasteiger partial charge in [-0.05, 0) is 76.6 Å². The van der Waals surface area contributed by atoms with Crippen LogP contribution in [0, 0.1) is 0 Å². The molecule has 0 atom stereocenters. The summed E-state index contributed by atoms with van der Waals surface area (Å²) in [6.45, 7) is 0. The average molecular weight is 717 g/mol. The van der Waals surface area contributed by atoms with E-state index in [0.29, 0.717) is 47.4 Å². The van der Waals surface area contributed by atoms with Gasteiger partial charge in [0.25, 0.3) is 5.56 Å². The van der Waals surface area contributed by atoms with Crippen molar-refractivity contribution >= 4 is 82.5 Å². The first-order valence-electron chi connectivity index (χ1n) is 11.1. The molecule has 0 bridgehead atoms. The summed E-state index contributed by atoms with van der Waals surface area (Å²) in [5, 5.41) is 5.45. The first kappa shape index (κ1) is 26.5. The van der Waals surface area contributed by atoms with Crippen LogP contribution in [0.25, 0.3) is 22.3 Å². The number of halogens is 4. The van der Waals surface area contributed by atoms with Gasteiger partial charge in [-0.25, -0.2) is 9.78 Å². The minimum absolute atomic E-state index is 0.240. The topological polar surface area (TPSA) is 73.5 Å². The van der Waals surface area contributed by atoms with Crippen molar-refractivity contribution in [3.63, 3.8) is 0 Å². The highest BCUT2D eigenvalue weighted by atomic mass is 79.9. The zero-order valence-electron chi connectivity index (χ0n) is 19.2. The number of ether oxygens (including phenoxy) is 1. The van der Waals surface area contributed by atoms with Crippen LogP contribution in [0.15, 0.2) is 108 Å². The molecule has 5 rings (SSSR count). The summed E-state index contributed by atoms with van der Waals surface area (Å²) >= 11 is 16.3. The summed E-state index contributed by atoms with van der Waals surface area (Å²) in [5.41, 5.74) is 1.72. The van der Waals surface area contributed by atoms with E-state index in [2.05, 4.69) is 52.9 Å². The Morgan fingerprint density at radius 2 is 1.63 bits per heavy atom. The Bertz CT molecular complexity index is 1770. The molecule has 0 spiro atoms. The van der Waals surface area contributed by atoms with Crippen LogP contribution in [0.1, 0.15) is 15.9 Å². The van der Waals surface area contributed by atoms with Gasteiger partial charge >= 0.3 is 5.97 Å². The Labute approximate surface area is 247 Å². The second-order valence-corrected chi connectivity index (χ2v) is 11.1. The van der Waals surface area contributed by atoms with Gasteiger partial charge in [0.2, 0.25) is 0 Å². The Kier molecular flexibility index (Phi) is 7.90. The molecule has 0 aliphatic rings. The van der Waals surface area contributed by atoms with Crippen molar-refractivity contribution < 1.29 is 9.53 Å². The van der Waals surface area contributed by atoms with E-state index in [0.717, 1.165) is 4.47 Å². The lowest BCUT2D eigenvalue weighted by Gasteiger charge is -2.12. The van der Waals surface area contributed by atoms with Crippen LogP contribution < -0.4 is 10.3 Å². The maximum absolute atomic E-state index is 13.5. The minimum Gasteiger partial charge on any atom is -0.421 e. The number of carbonyl (C=O) groups is 1. The van der Waals surface area contributed by atoms with Crippen molar-refractivity contribution in [2.75, 3.05) is 0 Å². The van der Waals surface area contributed by atoms with E-state index in [1.54, 1.807) is 54.6 Å². The predicted octanol–water partition coefficient (Wildman–Crippen LogP) is 8.11. The van der Waals surface area contributed by atoms with Gasteiger partial charge < -0.3 is 4.74 Å². The molecule has 6 nitrogen and oxygen atoms in total. The highest BCUT2D eigenvalue weighted by Gasteiger charge is 2.17. The van der Waals surface area contributed by atoms with E-state index in [9.17, 15) is 9.59 Å². The molecule has 0 saturated carbocycles. The Balaban J connectivity index is 1.62. The molecule has 38 heavy (non-hydrogen) atoms. The zero-order valence-corrected chi connectivity index (χ0v) is 24.8. The van der Waals surface area contributed by atoms with Gasteiger partial charge in [0.1, 0.15) is 0 Å². The molecule has 1 aromatic heterocycles. The molecule has 1 heterocycles. The largest absolute Gasteiger partial charge is 0.421 e. The molecule has 5 aromatic rings. The highest BCUT2D eigenvalue weighted by Crippen LogP contribution is 2.33. The fraction of sp³-hybridized carbons (Fsp3) is 0. The number of hydrogen-bond acceptors (Lipinski definition) is 5. The van der Waals surface area contributed by atoms with Gasteiger partial charge in [0.15, 0.2) is 11.6 Å². The van der Waals surface area contributed by atoms with E-state index in [1.807, 2.05) is 30.3 Å². The molecule has 0 unspecified atom stereocenters. The molecule has 10 heteroatoms. The predicted molar refractivity (Wildman–Crippen MR) is 160 cm³/mol. The molecule has 0 radical (unpaired) electrons. The molecular formula is C28H15Br3ClN3O3. The van der Waals surface area contributed by atoms with Crippen molar-refractivity contribution in [1.29, 1.82) is 0 Å². The summed E-state index contributed by atoms with van der Waals surface area (Å²) in [5.74, 6) is 0.0366. The lowest BCUT2D eigenvalue weighted by atomic mass is 10.2. The van der Waals surface area contributed by atoms with Crippen LogP contribution >= 0.6 is 59.4 Å². The Morgan fingerprint density at radius 3 is 2.37 bits per heavy atom. The number of esters is 1. The number of nitrogens with zero attached hydrogens (tertiary/aromatic N) is 3. The molecule has 0 aliphatic carbocycles. The summed E-state index contributed by atoms with van der Waals surface area (Å²) in [7, 11) is 0. The number of benzene rings is 4. The molecule has 188 valence electrons. The first-order chi connectivity index (χ1) is 18.3. The molecule has 4 aromatic carbocycles. The lowest BCUT2D eigenvalue weighted by molar-refractivity contribution is 0.0733. The van der Waals surface area contributed by atoms with Gasteiger partial charge in [-0.1, -0.05) is 67.7 Å². The fourth-order valence-electron chi connectivity index (χ4n) is 3.66. The summed E-state index contributed by atoms with van der Waals surface area (Å²) in [4.78, 5) is 31.1. The van der Waals surface area contributed by atoms with Crippen molar-refractivity contribution in [2.45, 2.75) is 0 Å². The SMILES string of the molecule is O=C(Oc1c(Br)cc(Br)cc1C=Nn1c(-c2ccc(Br)cc2)nc2ccccc2c1=O)c1ccc(Cl)cc1. The number of para-hydroxylation sites is 1. The maximum Gasteiger partial charge on any atom is 0.343 e. The fourth-order valence-corrected chi connectivity index (χ4v) is 5.39. The van der Waals surface area contributed by atoms with E-state index < -0.39 is 5.97 Å². The van der Waals surface area contributed by atoms with Gasteiger partial charge in [0.05, 0.1) is 27.2 Å². The van der Waals surface area contributed by atoms with Crippen LogP contribution in [-0.4, -0.2) is 21.8 Å². The van der Waals surface area contributed by atoms with Crippen LogP contribution in [0.2, 0.25) is 5.02 Å². The number of aromatic nitrogens is 2. The first-order valence-corrected chi connectivity index (χ1v) is 13.8. The highest BCUT2D eigenvalue weighted by molar-refractivity contribution is 9.11. The van der Waals surface area contributed by atoms with Gasteiger partial charge in [0, 0.05) is 25.1 Å². The summed E-state index contributed by atoms with van der Waals surface area (Å²) < 4.78 is 9.10. The maximum atomic E-state index is 13.5. The molecule has 0 amide bonds. The number of rotatable bonds is 5. The van der Waals surface area contributed by atoms with Gasteiger partial charge in [-0.2, -0.15) is 9.78 Å². The Hall–Kier alpha value is -3.11. The van der Waals surface area contributed by atoms with Gasteiger partial charge in [-0.3, -0.25) is 4.79 Å². The number of hydrogen-bond donors (Lipinski definition) is 0. The molecular weight excluding hydrogens is 701 g/mol. The minimum atomic E-state index is -0.570. The van der Waals surface area contributed by atoms with Crippen molar-refractivity contribution in [2.24, 2.45) is 5.10 Å². The second-order valence-electron chi connectivity index (χ2n) is 8.02.